The Labute approximate surface area is 152 Å². The summed E-state index contributed by atoms with van der Waals surface area (Å²) in [6.07, 6.45) is 6.78. The maximum absolute atomic E-state index is 10.7. The van der Waals surface area contributed by atoms with Crippen LogP contribution in [0.4, 0.5) is 5.69 Å². The summed E-state index contributed by atoms with van der Waals surface area (Å²) in [5, 5.41) is 14.1. The highest BCUT2D eigenvalue weighted by Gasteiger charge is 2.28. The first-order valence-corrected chi connectivity index (χ1v) is 8.75. The number of rotatable bonds is 4. The number of aliphatic imine (C=N–C) groups is 1. The van der Waals surface area contributed by atoms with Crippen molar-refractivity contribution >= 4 is 11.6 Å². The van der Waals surface area contributed by atoms with Gasteiger partial charge in [-0.25, -0.2) is 4.98 Å². The Balaban J connectivity index is 1.62. The van der Waals surface area contributed by atoms with Crippen molar-refractivity contribution in [3.63, 3.8) is 0 Å². The monoisotopic (exact) mass is 356 g/mol. The Morgan fingerprint density at radius 2 is 2.19 bits per heavy atom. The molecule has 138 valence electrons. The molecule has 0 spiro atoms. The third-order valence-electron chi connectivity index (χ3n) is 4.94. The Morgan fingerprint density at radius 1 is 1.42 bits per heavy atom. The van der Waals surface area contributed by atoms with Crippen molar-refractivity contribution in [3.05, 3.63) is 58.7 Å². The number of hydrogen-bond donors (Lipinski definition) is 1. The quantitative estimate of drug-likeness (QED) is 0.393. The number of likely N-dealkylation sites (tertiary alicyclic amines) is 1. The van der Waals surface area contributed by atoms with E-state index in [0.717, 1.165) is 31.0 Å². The molecule has 8 nitrogen and oxygen atoms in total. The van der Waals surface area contributed by atoms with Crippen molar-refractivity contribution in [2.24, 2.45) is 10.9 Å². The Morgan fingerprint density at radius 3 is 2.81 bits per heavy atom. The Kier molecular flexibility index (Phi) is 5.50. The minimum absolute atomic E-state index is 0.103. The van der Waals surface area contributed by atoms with Crippen molar-refractivity contribution in [1.82, 2.24) is 19.8 Å². The van der Waals surface area contributed by atoms with E-state index in [1.54, 1.807) is 19.2 Å². The average Bonchev–Trinajstić information content (AvgIpc) is 3.18. The minimum atomic E-state index is -0.388. The van der Waals surface area contributed by atoms with E-state index in [1.807, 2.05) is 18.7 Å². The Hall–Kier alpha value is -2.90. The number of nitro groups is 1. The van der Waals surface area contributed by atoms with E-state index in [2.05, 4.69) is 31.7 Å². The lowest BCUT2D eigenvalue weighted by atomic mass is 9.93. The number of guanidine groups is 1. The highest BCUT2D eigenvalue weighted by Crippen LogP contribution is 2.27. The normalized spacial score (nSPS) is 20.8. The first kappa shape index (κ1) is 17.9. The van der Waals surface area contributed by atoms with Gasteiger partial charge in [0.15, 0.2) is 5.96 Å². The maximum atomic E-state index is 10.7. The van der Waals surface area contributed by atoms with Gasteiger partial charge < -0.3 is 14.8 Å². The summed E-state index contributed by atoms with van der Waals surface area (Å²) in [6, 6.07) is 6.95. The summed E-state index contributed by atoms with van der Waals surface area (Å²) in [4.78, 5) is 21.2. The molecule has 8 heteroatoms. The van der Waals surface area contributed by atoms with E-state index in [0.29, 0.717) is 18.5 Å². The van der Waals surface area contributed by atoms with Crippen LogP contribution in [0, 0.1) is 16.0 Å². The van der Waals surface area contributed by atoms with Crippen LogP contribution < -0.4 is 5.32 Å². The zero-order chi connectivity index (χ0) is 18.5. The second-order valence-corrected chi connectivity index (χ2v) is 6.61. The topological polar surface area (TPSA) is 88.6 Å². The zero-order valence-electron chi connectivity index (χ0n) is 15.1. The highest BCUT2D eigenvalue weighted by molar-refractivity contribution is 5.80. The lowest BCUT2D eigenvalue weighted by Gasteiger charge is -2.39. The lowest BCUT2D eigenvalue weighted by Crippen LogP contribution is -2.48. The lowest BCUT2D eigenvalue weighted by molar-refractivity contribution is -0.384. The van der Waals surface area contributed by atoms with Crippen LogP contribution in [-0.2, 0) is 6.54 Å². The molecule has 1 aromatic carbocycles. The molecule has 0 radical (unpaired) electrons. The van der Waals surface area contributed by atoms with Crippen molar-refractivity contribution in [3.8, 4) is 0 Å². The average molecular weight is 356 g/mol. The predicted octanol–water partition coefficient (Wildman–Crippen LogP) is 2.45. The van der Waals surface area contributed by atoms with E-state index in [4.69, 9.17) is 0 Å². The molecule has 1 N–H and O–H groups in total. The summed E-state index contributed by atoms with van der Waals surface area (Å²) in [5.74, 6) is 1.42. The third kappa shape index (κ3) is 4.01. The second-order valence-electron chi connectivity index (χ2n) is 6.61. The Bertz CT molecular complexity index is 756. The van der Waals surface area contributed by atoms with Gasteiger partial charge in [-0.15, -0.1) is 0 Å². The van der Waals surface area contributed by atoms with Gasteiger partial charge in [-0.05, 0) is 17.9 Å². The first-order valence-electron chi connectivity index (χ1n) is 8.75. The van der Waals surface area contributed by atoms with Crippen LogP contribution in [0.25, 0.3) is 0 Å². The molecule has 3 rings (SSSR count). The van der Waals surface area contributed by atoms with Crippen molar-refractivity contribution < 1.29 is 4.92 Å². The largest absolute Gasteiger partial charge is 0.352 e. The molecule has 1 aliphatic heterocycles. The number of hydrogen-bond acceptors (Lipinski definition) is 4. The van der Waals surface area contributed by atoms with Crippen LogP contribution in [0.1, 0.15) is 24.9 Å². The van der Waals surface area contributed by atoms with Crippen molar-refractivity contribution in [1.29, 1.82) is 0 Å². The molecule has 0 saturated carbocycles. The van der Waals surface area contributed by atoms with Crippen LogP contribution in [0.15, 0.2) is 48.0 Å². The van der Waals surface area contributed by atoms with Gasteiger partial charge in [0, 0.05) is 51.2 Å². The van der Waals surface area contributed by atoms with Gasteiger partial charge in [0.1, 0.15) is 0 Å². The van der Waals surface area contributed by atoms with E-state index in [9.17, 15) is 10.1 Å². The summed E-state index contributed by atoms with van der Waals surface area (Å²) >= 11 is 0. The van der Waals surface area contributed by atoms with E-state index in [1.165, 1.54) is 12.1 Å². The van der Waals surface area contributed by atoms with E-state index < -0.39 is 0 Å². The molecule has 2 unspecified atom stereocenters. The van der Waals surface area contributed by atoms with Crippen LogP contribution in [0.5, 0.6) is 0 Å². The van der Waals surface area contributed by atoms with Crippen molar-refractivity contribution in [2.75, 3.05) is 20.1 Å². The van der Waals surface area contributed by atoms with Crippen LogP contribution in [0.2, 0.25) is 0 Å². The molecular formula is C18H24N6O2. The molecule has 2 atom stereocenters. The third-order valence-corrected chi connectivity index (χ3v) is 4.94. The maximum Gasteiger partial charge on any atom is 0.269 e. The van der Waals surface area contributed by atoms with Crippen LogP contribution in [-0.4, -0.2) is 45.5 Å². The molecular weight excluding hydrogens is 332 g/mol. The minimum Gasteiger partial charge on any atom is -0.352 e. The standard InChI is InChI=1S/C18H24N6O2/c1-14-7-9-22(12-17(14)23-10-8-20-13-23)18(19-2)21-11-15-3-5-16(6-4-15)24(25)26/h3-6,8,10,13-14,17H,7,9,11-12H2,1-2H3,(H,19,21). The van der Waals surface area contributed by atoms with Gasteiger partial charge in [0.2, 0.25) is 0 Å². The summed E-state index contributed by atoms with van der Waals surface area (Å²) in [7, 11) is 1.78. The molecule has 1 fully saturated rings. The molecule has 0 amide bonds. The van der Waals surface area contributed by atoms with Crippen LogP contribution in [0.3, 0.4) is 0 Å². The van der Waals surface area contributed by atoms with E-state index in [-0.39, 0.29) is 10.6 Å². The van der Waals surface area contributed by atoms with Gasteiger partial charge in [-0.1, -0.05) is 19.1 Å². The van der Waals surface area contributed by atoms with Gasteiger partial charge in [-0.3, -0.25) is 15.1 Å². The van der Waals surface area contributed by atoms with Gasteiger partial charge in [0.25, 0.3) is 5.69 Å². The molecule has 1 aromatic heterocycles. The summed E-state index contributed by atoms with van der Waals surface area (Å²) in [5.41, 5.74) is 1.08. The molecule has 2 aromatic rings. The predicted molar refractivity (Wildman–Crippen MR) is 99.9 cm³/mol. The van der Waals surface area contributed by atoms with Gasteiger partial charge >= 0.3 is 0 Å². The molecule has 1 saturated heterocycles. The number of nitrogens with zero attached hydrogens (tertiary/aromatic N) is 5. The van der Waals surface area contributed by atoms with Crippen LogP contribution >= 0.6 is 0 Å². The number of nitrogens with one attached hydrogen (secondary N) is 1. The van der Waals surface area contributed by atoms with Gasteiger partial charge in [-0.2, -0.15) is 0 Å². The van der Waals surface area contributed by atoms with E-state index >= 15 is 0 Å². The van der Waals surface area contributed by atoms with Gasteiger partial charge in [0.05, 0.1) is 17.3 Å². The number of imidazole rings is 1. The zero-order valence-corrected chi connectivity index (χ0v) is 15.1. The first-order chi connectivity index (χ1) is 12.6. The number of aromatic nitrogens is 2. The fourth-order valence-electron chi connectivity index (χ4n) is 3.34. The summed E-state index contributed by atoms with van der Waals surface area (Å²) in [6.45, 7) is 4.67. The smallest absolute Gasteiger partial charge is 0.269 e. The molecule has 1 aliphatic rings. The number of benzene rings is 1. The highest BCUT2D eigenvalue weighted by atomic mass is 16.6. The fourth-order valence-corrected chi connectivity index (χ4v) is 3.34. The molecule has 26 heavy (non-hydrogen) atoms. The van der Waals surface area contributed by atoms with Crippen molar-refractivity contribution in [2.45, 2.75) is 25.9 Å². The summed E-state index contributed by atoms with van der Waals surface area (Å²) < 4.78 is 2.17. The molecule has 2 heterocycles. The fraction of sp³-hybridized carbons (Fsp3) is 0.444. The SMILES string of the molecule is CN=C(NCc1ccc([N+](=O)[O-])cc1)N1CCC(C)C(n2ccnc2)C1. The number of piperidine rings is 1. The second kappa shape index (κ2) is 7.99. The number of non-ortho nitro benzene ring substituents is 1. The molecule has 0 bridgehead atoms. The molecule has 0 aliphatic carbocycles. The number of nitro benzene ring substituents is 1.